The van der Waals surface area contributed by atoms with Gasteiger partial charge in [-0.05, 0) is 19.8 Å². The van der Waals surface area contributed by atoms with Crippen molar-refractivity contribution in [2.45, 2.75) is 56.3 Å². The Hall–Kier alpha value is -1.03. The number of halogens is 6. The minimum Gasteiger partial charge on any atom is -0.465 e. The Bertz CT molecular complexity index is 369. The molecule has 2 atom stereocenters. The first-order chi connectivity index (χ1) is 9.40. The second-order valence-corrected chi connectivity index (χ2v) is 4.84. The van der Waals surface area contributed by atoms with E-state index in [2.05, 4.69) is 9.47 Å². The lowest BCUT2D eigenvalue weighted by Gasteiger charge is -2.27. The first kappa shape index (κ1) is 18.0. The van der Waals surface area contributed by atoms with Gasteiger partial charge in [-0.1, -0.05) is 0 Å². The number of nitrogens with two attached hydrogens (primary N) is 1. The highest BCUT2D eigenvalue weighted by atomic mass is 19.4. The smallest absolute Gasteiger partial charge is 0.423 e. The minimum atomic E-state index is -5.58. The van der Waals surface area contributed by atoms with Crippen molar-refractivity contribution in [2.24, 2.45) is 5.73 Å². The van der Waals surface area contributed by atoms with Crippen molar-refractivity contribution in [1.29, 1.82) is 0 Å². The van der Waals surface area contributed by atoms with E-state index in [-0.39, 0.29) is 19.4 Å². The SMILES string of the molecule is CCOC(=O)C1(N)CCC(OC(C(F)(F)F)C(F)(F)F)C1. The molecule has 1 fully saturated rings. The van der Waals surface area contributed by atoms with E-state index in [1.54, 1.807) is 0 Å². The molecule has 124 valence electrons. The third-order valence-electron chi connectivity index (χ3n) is 3.11. The molecule has 0 amide bonds. The van der Waals surface area contributed by atoms with E-state index < -0.39 is 42.5 Å². The van der Waals surface area contributed by atoms with Gasteiger partial charge in [-0.3, -0.25) is 4.79 Å². The average Bonchev–Trinajstić information content (AvgIpc) is 2.67. The molecule has 0 aromatic carbocycles. The summed E-state index contributed by atoms with van der Waals surface area (Å²) in [6.07, 6.45) is -17.2. The number of alkyl halides is 6. The van der Waals surface area contributed by atoms with Gasteiger partial charge in [0.15, 0.2) is 0 Å². The van der Waals surface area contributed by atoms with Crippen molar-refractivity contribution in [2.75, 3.05) is 6.61 Å². The van der Waals surface area contributed by atoms with E-state index in [1.807, 2.05) is 0 Å². The van der Waals surface area contributed by atoms with Crippen LogP contribution in [-0.2, 0) is 14.3 Å². The van der Waals surface area contributed by atoms with Gasteiger partial charge >= 0.3 is 18.3 Å². The summed E-state index contributed by atoms with van der Waals surface area (Å²) in [7, 11) is 0. The van der Waals surface area contributed by atoms with Crippen molar-refractivity contribution < 1.29 is 40.6 Å². The molecule has 0 aromatic heterocycles. The Morgan fingerprint density at radius 2 is 1.81 bits per heavy atom. The van der Waals surface area contributed by atoms with Gasteiger partial charge in [0.1, 0.15) is 5.54 Å². The quantitative estimate of drug-likeness (QED) is 0.637. The summed E-state index contributed by atoms with van der Waals surface area (Å²) < 4.78 is 83.0. The van der Waals surface area contributed by atoms with E-state index in [0.29, 0.717) is 0 Å². The van der Waals surface area contributed by atoms with Gasteiger partial charge in [-0.25, -0.2) is 0 Å². The van der Waals surface area contributed by atoms with Gasteiger partial charge in [-0.2, -0.15) is 26.3 Å². The summed E-state index contributed by atoms with van der Waals surface area (Å²) in [6, 6.07) is 0. The fraction of sp³-hybridized carbons (Fsp3) is 0.909. The molecule has 0 aliphatic heterocycles. The lowest BCUT2D eigenvalue weighted by molar-refractivity contribution is -0.330. The lowest BCUT2D eigenvalue weighted by Crippen LogP contribution is -2.49. The van der Waals surface area contributed by atoms with Crippen molar-refractivity contribution in [1.82, 2.24) is 0 Å². The maximum absolute atomic E-state index is 12.4. The van der Waals surface area contributed by atoms with Crippen LogP contribution in [0.2, 0.25) is 0 Å². The van der Waals surface area contributed by atoms with Crippen molar-refractivity contribution in [3.63, 3.8) is 0 Å². The Morgan fingerprint density at radius 3 is 2.24 bits per heavy atom. The van der Waals surface area contributed by atoms with Crippen LogP contribution in [0.15, 0.2) is 0 Å². The first-order valence-electron chi connectivity index (χ1n) is 6.15. The van der Waals surface area contributed by atoms with Gasteiger partial charge in [-0.15, -0.1) is 0 Å². The maximum atomic E-state index is 12.4. The van der Waals surface area contributed by atoms with Crippen molar-refractivity contribution in [3.8, 4) is 0 Å². The molecular weight excluding hydrogens is 308 g/mol. The minimum absolute atomic E-state index is 0.0109. The number of esters is 1. The number of carbonyl (C=O) groups is 1. The van der Waals surface area contributed by atoms with Crippen LogP contribution in [0, 0.1) is 0 Å². The molecule has 0 heterocycles. The molecule has 0 saturated heterocycles. The number of ether oxygens (including phenoxy) is 2. The fourth-order valence-electron chi connectivity index (χ4n) is 2.14. The summed E-state index contributed by atoms with van der Waals surface area (Å²) >= 11 is 0. The maximum Gasteiger partial charge on any atom is 0.423 e. The molecule has 4 nitrogen and oxygen atoms in total. The van der Waals surface area contributed by atoms with Crippen LogP contribution >= 0.6 is 0 Å². The summed E-state index contributed by atoms with van der Waals surface area (Å²) in [6.45, 7) is 1.52. The summed E-state index contributed by atoms with van der Waals surface area (Å²) in [4.78, 5) is 11.5. The number of carbonyl (C=O) groups excluding carboxylic acids is 1. The van der Waals surface area contributed by atoms with Crippen LogP contribution in [-0.4, -0.2) is 42.7 Å². The number of hydrogen-bond donors (Lipinski definition) is 1. The normalized spacial score (nSPS) is 27.2. The summed E-state index contributed by atoms with van der Waals surface area (Å²) in [5.74, 6) is -0.855. The number of hydrogen-bond acceptors (Lipinski definition) is 4. The molecule has 1 aliphatic carbocycles. The second-order valence-electron chi connectivity index (χ2n) is 4.84. The van der Waals surface area contributed by atoms with Crippen LogP contribution in [0.4, 0.5) is 26.3 Å². The van der Waals surface area contributed by atoms with Crippen molar-refractivity contribution >= 4 is 5.97 Å². The molecule has 21 heavy (non-hydrogen) atoms. The van der Waals surface area contributed by atoms with E-state index in [1.165, 1.54) is 6.92 Å². The Balaban J connectivity index is 2.75. The van der Waals surface area contributed by atoms with Crippen molar-refractivity contribution in [3.05, 3.63) is 0 Å². The van der Waals surface area contributed by atoms with E-state index in [4.69, 9.17) is 5.73 Å². The Kier molecular flexibility index (Phi) is 5.14. The Labute approximate surface area is 116 Å². The van der Waals surface area contributed by atoms with Gasteiger partial charge in [0, 0.05) is 6.42 Å². The third kappa shape index (κ3) is 4.47. The molecule has 0 spiro atoms. The zero-order valence-electron chi connectivity index (χ0n) is 11.1. The molecule has 0 aromatic rings. The molecule has 1 aliphatic rings. The molecule has 0 bridgehead atoms. The predicted molar refractivity (Wildman–Crippen MR) is 58.2 cm³/mol. The fourth-order valence-corrected chi connectivity index (χ4v) is 2.14. The van der Waals surface area contributed by atoms with Crippen LogP contribution in [0.1, 0.15) is 26.2 Å². The van der Waals surface area contributed by atoms with Crippen LogP contribution in [0.5, 0.6) is 0 Å². The van der Waals surface area contributed by atoms with Crippen LogP contribution < -0.4 is 5.73 Å². The predicted octanol–water partition coefficient (Wildman–Crippen LogP) is 2.31. The highest BCUT2D eigenvalue weighted by Gasteiger charge is 2.59. The summed E-state index contributed by atoms with van der Waals surface area (Å²) in [5, 5.41) is 0. The highest BCUT2D eigenvalue weighted by molar-refractivity contribution is 5.81. The molecule has 2 N–H and O–H groups in total. The topological polar surface area (TPSA) is 61.5 Å². The highest BCUT2D eigenvalue weighted by Crippen LogP contribution is 2.40. The first-order valence-corrected chi connectivity index (χ1v) is 6.15. The largest absolute Gasteiger partial charge is 0.465 e. The lowest BCUT2D eigenvalue weighted by atomic mass is 9.99. The molecule has 0 radical (unpaired) electrons. The molecule has 10 heteroatoms. The zero-order valence-corrected chi connectivity index (χ0v) is 11.1. The van der Waals surface area contributed by atoms with Crippen LogP contribution in [0.25, 0.3) is 0 Å². The van der Waals surface area contributed by atoms with Gasteiger partial charge in [0.2, 0.25) is 6.10 Å². The molecule has 1 saturated carbocycles. The Morgan fingerprint density at radius 1 is 1.29 bits per heavy atom. The van der Waals surface area contributed by atoms with E-state index >= 15 is 0 Å². The molecular formula is C11H15F6NO3. The van der Waals surface area contributed by atoms with Gasteiger partial charge in [0.25, 0.3) is 0 Å². The van der Waals surface area contributed by atoms with Crippen LogP contribution in [0.3, 0.4) is 0 Å². The van der Waals surface area contributed by atoms with E-state index in [9.17, 15) is 31.1 Å². The van der Waals surface area contributed by atoms with Gasteiger partial charge < -0.3 is 15.2 Å². The molecule has 1 rings (SSSR count). The monoisotopic (exact) mass is 323 g/mol. The standard InChI is InChI=1S/C11H15F6NO3/c1-2-20-8(19)9(18)4-3-6(5-9)21-7(10(12,13)14)11(15,16)17/h6-7H,2-5,18H2,1H3. The second kappa shape index (κ2) is 5.99. The zero-order chi connectivity index (χ0) is 16.5. The summed E-state index contributed by atoms with van der Waals surface area (Å²) in [5.41, 5.74) is 4.05. The molecule has 2 unspecified atom stereocenters. The number of rotatable bonds is 4. The van der Waals surface area contributed by atoms with E-state index in [0.717, 1.165) is 0 Å². The third-order valence-corrected chi connectivity index (χ3v) is 3.11. The van der Waals surface area contributed by atoms with Gasteiger partial charge in [0.05, 0.1) is 12.7 Å². The average molecular weight is 323 g/mol.